The van der Waals surface area contributed by atoms with Crippen molar-refractivity contribution in [2.24, 2.45) is 5.92 Å². The van der Waals surface area contributed by atoms with Crippen molar-refractivity contribution >= 4 is 17.7 Å². The number of esters is 1. The van der Waals surface area contributed by atoms with Gasteiger partial charge in [0, 0.05) is 9.79 Å². The molecule has 0 radical (unpaired) electrons. The quantitative estimate of drug-likeness (QED) is 0.711. The lowest BCUT2D eigenvalue weighted by molar-refractivity contribution is -0.143. The summed E-state index contributed by atoms with van der Waals surface area (Å²) in [5.74, 6) is 0.434. The first-order valence-electron chi connectivity index (χ1n) is 8.65. The minimum atomic E-state index is -0.125. The molecule has 0 amide bonds. The molecule has 3 rings (SSSR count). The molecule has 0 aliphatic carbocycles. The summed E-state index contributed by atoms with van der Waals surface area (Å²) in [5, 5.41) is 0. The number of ether oxygens (including phenoxy) is 1. The fraction of sp³-hybridized carbons (Fsp3) is 0.381. The van der Waals surface area contributed by atoms with E-state index < -0.39 is 0 Å². The fourth-order valence-corrected chi connectivity index (χ4v) is 3.97. The van der Waals surface area contributed by atoms with Crippen LogP contribution in [-0.2, 0) is 28.8 Å². The number of hydrogen-bond acceptors (Lipinski definition) is 3. The van der Waals surface area contributed by atoms with Crippen molar-refractivity contribution in [3.63, 3.8) is 0 Å². The highest BCUT2D eigenvalue weighted by Gasteiger charge is 2.15. The van der Waals surface area contributed by atoms with E-state index in [2.05, 4.69) is 56.3 Å². The van der Waals surface area contributed by atoms with Gasteiger partial charge in [-0.05, 0) is 54.0 Å². The van der Waals surface area contributed by atoms with Crippen LogP contribution in [0.1, 0.15) is 37.0 Å². The maximum atomic E-state index is 12.0. The lowest BCUT2D eigenvalue weighted by Gasteiger charge is -2.09. The van der Waals surface area contributed by atoms with Crippen LogP contribution in [0.4, 0.5) is 0 Å². The van der Waals surface area contributed by atoms with Gasteiger partial charge in [-0.2, -0.15) is 0 Å². The Morgan fingerprint density at radius 2 is 1.83 bits per heavy atom. The molecule has 0 N–H and O–H groups in total. The Kier molecular flexibility index (Phi) is 5.62. The van der Waals surface area contributed by atoms with Gasteiger partial charge in [-0.25, -0.2) is 0 Å². The van der Waals surface area contributed by atoms with E-state index in [4.69, 9.17) is 4.74 Å². The van der Waals surface area contributed by atoms with Crippen LogP contribution in [0, 0.1) is 5.92 Å². The van der Waals surface area contributed by atoms with Gasteiger partial charge in [0.25, 0.3) is 0 Å². The Bertz CT molecular complexity index is 722. The number of aryl methyl sites for hydroxylation is 2. The zero-order chi connectivity index (χ0) is 16.9. The summed E-state index contributed by atoms with van der Waals surface area (Å²) < 4.78 is 5.33. The molecule has 2 nitrogen and oxygen atoms in total. The molecule has 0 atom stereocenters. The van der Waals surface area contributed by atoms with Crippen molar-refractivity contribution in [3.8, 4) is 0 Å². The predicted octanol–water partition coefficient (Wildman–Crippen LogP) is 5.07. The number of fused-ring (bicyclic) bond motifs is 2. The van der Waals surface area contributed by atoms with Crippen molar-refractivity contribution < 1.29 is 9.53 Å². The second-order valence-corrected chi connectivity index (χ2v) is 7.82. The van der Waals surface area contributed by atoms with E-state index in [1.807, 2.05) is 11.8 Å². The van der Waals surface area contributed by atoms with E-state index in [0.29, 0.717) is 18.9 Å². The second-order valence-electron chi connectivity index (χ2n) is 6.73. The molecule has 1 aliphatic heterocycles. The minimum Gasteiger partial charge on any atom is -0.465 e. The topological polar surface area (TPSA) is 26.3 Å². The zero-order valence-electron chi connectivity index (χ0n) is 14.4. The van der Waals surface area contributed by atoms with Gasteiger partial charge in [-0.15, -0.1) is 0 Å². The molecule has 2 aromatic rings. The number of rotatable bonds is 5. The molecule has 1 heterocycles. The molecular weight excluding hydrogens is 316 g/mol. The molecule has 0 saturated heterocycles. The zero-order valence-corrected chi connectivity index (χ0v) is 15.2. The van der Waals surface area contributed by atoms with Crippen LogP contribution >= 0.6 is 11.8 Å². The predicted molar refractivity (Wildman–Crippen MR) is 98.5 cm³/mol. The van der Waals surface area contributed by atoms with Gasteiger partial charge in [-0.3, -0.25) is 4.79 Å². The van der Waals surface area contributed by atoms with Gasteiger partial charge in [0.05, 0.1) is 13.0 Å². The SMILES string of the molecule is CC(C)CCOC(=O)Cc1ccc2c(c1)CCc1ccccc1S2. The Balaban J connectivity index is 1.66. The average Bonchev–Trinajstić information content (AvgIpc) is 2.73. The van der Waals surface area contributed by atoms with Gasteiger partial charge in [0.15, 0.2) is 0 Å². The molecule has 1 aliphatic rings. The van der Waals surface area contributed by atoms with E-state index >= 15 is 0 Å². The maximum absolute atomic E-state index is 12.0. The maximum Gasteiger partial charge on any atom is 0.310 e. The number of carbonyl (C=O) groups excluding carboxylic acids is 1. The Morgan fingerprint density at radius 3 is 2.67 bits per heavy atom. The molecular formula is C21H24O2S. The van der Waals surface area contributed by atoms with E-state index in [0.717, 1.165) is 24.8 Å². The second kappa shape index (κ2) is 7.89. The third-order valence-electron chi connectivity index (χ3n) is 4.29. The van der Waals surface area contributed by atoms with Crippen molar-refractivity contribution in [3.05, 3.63) is 59.2 Å². The van der Waals surface area contributed by atoms with Crippen LogP contribution in [0.5, 0.6) is 0 Å². The van der Waals surface area contributed by atoms with Crippen LogP contribution in [0.2, 0.25) is 0 Å². The average molecular weight is 340 g/mol. The molecule has 126 valence electrons. The molecule has 0 spiro atoms. The summed E-state index contributed by atoms with van der Waals surface area (Å²) in [5.41, 5.74) is 3.80. The monoisotopic (exact) mass is 340 g/mol. The van der Waals surface area contributed by atoms with E-state index in [1.165, 1.54) is 20.9 Å². The highest BCUT2D eigenvalue weighted by atomic mass is 32.2. The van der Waals surface area contributed by atoms with Crippen molar-refractivity contribution in [2.45, 2.75) is 49.3 Å². The largest absolute Gasteiger partial charge is 0.465 e. The smallest absolute Gasteiger partial charge is 0.310 e. The van der Waals surface area contributed by atoms with E-state index in [1.54, 1.807) is 0 Å². The fourth-order valence-electron chi connectivity index (χ4n) is 2.86. The first-order chi connectivity index (χ1) is 11.6. The normalized spacial score (nSPS) is 13.1. The first-order valence-corrected chi connectivity index (χ1v) is 9.46. The van der Waals surface area contributed by atoms with E-state index in [-0.39, 0.29) is 5.97 Å². The molecule has 0 saturated carbocycles. The number of carbonyl (C=O) groups is 1. The Labute approximate surface area is 148 Å². The van der Waals surface area contributed by atoms with Crippen LogP contribution in [0.25, 0.3) is 0 Å². The van der Waals surface area contributed by atoms with Crippen LogP contribution < -0.4 is 0 Å². The standard InChI is InChI=1S/C21H24O2S/c1-15(2)11-12-23-21(22)14-16-7-10-20-18(13-16)9-8-17-5-3-4-6-19(17)24-20/h3-7,10,13,15H,8-9,11-12,14H2,1-2H3. The Hall–Kier alpha value is -1.74. The van der Waals surface area contributed by atoms with E-state index in [9.17, 15) is 4.79 Å². The summed E-state index contributed by atoms with van der Waals surface area (Å²) >= 11 is 1.83. The van der Waals surface area contributed by atoms with Crippen molar-refractivity contribution in [2.75, 3.05) is 6.61 Å². The number of benzene rings is 2. The summed E-state index contributed by atoms with van der Waals surface area (Å²) in [6, 6.07) is 15.0. The lowest BCUT2D eigenvalue weighted by atomic mass is 10.0. The Morgan fingerprint density at radius 1 is 1.08 bits per heavy atom. The summed E-state index contributed by atoms with van der Waals surface area (Å²) in [6.45, 7) is 4.79. The van der Waals surface area contributed by atoms with Crippen molar-refractivity contribution in [1.29, 1.82) is 0 Å². The van der Waals surface area contributed by atoms with Crippen molar-refractivity contribution in [1.82, 2.24) is 0 Å². The van der Waals surface area contributed by atoms with Crippen LogP contribution in [0.3, 0.4) is 0 Å². The van der Waals surface area contributed by atoms with Gasteiger partial charge in [0.1, 0.15) is 0 Å². The first kappa shape index (κ1) is 17.1. The van der Waals surface area contributed by atoms with Crippen LogP contribution in [-0.4, -0.2) is 12.6 Å². The molecule has 0 unspecified atom stereocenters. The third kappa shape index (κ3) is 4.41. The highest BCUT2D eigenvalue weighted by molar-refractivity contribution is 7.99. The molecule has 24 heavy (non-hydrogen) atoms. The molecule has 0 bridgehead atoms. The van der Waals surface area contributed by atoms with Gasteiger partial charge in [0.2, 0.25) is 0 Å². The van der Waals surface area contributed by atoms with Gasteiger partial charge < -0.3 is 4.74 Å². The molecule has 3 heteroatoms. The summed E-state index contributed by atoms with van der Waals surface area (Å²) in [4.78, 5) is 14.6. The molecule has 0 fully saturated rings. The molecule has 0 aromatic heterocycles. The highest BCUT2D eigenvalue weighted by Crippen LogP contribution is 2.37. The van der Waals surface area contributed by atoms with Gasteiger partial charge >= 0.3 is 5.97 Å². The van der Waals surface area contributed by atoms with Gasteiger partial charge in [-0.1, -0.05) is 55.9 Å². The summed E-state index contributed by atoms with van der Waals surface area (Å²) in [6.07, 6.45) is 3.36. The van der Waals surface area contributed by atoms with Crippen LogP contribution in [0.15, 0.2) is 52.3 Å². The molecule has 2 aromatic carbocycles. The lowest BCUT2D eigenvalue weighted by Crippen LogP contribution is -2.10. The number of hydrogen-bond donors (Lipinski definition) is 0. The third-order valence-corrected chi connectivity index (χ3v) is 5.52. The minimum absolute atomic E-state index is 0.125. The summed E-state index contributed by atoms with van der Waals surface area (Å²) in [7, 11) is 0.